The van der Waals surface area contributed by atoms with Crippen LogP contribution in [0.5, 0.6) is 0 Å². The average Bonchev–Trinajstić information content (AvgIpc) is 3.56. The Morgan fingerprint density at radius 2 is 1.67 bits per heavy atom. The highest BCUT2D eigenvalue weighted by atomic mass is 16.6. The van der Waals surface area contributed by atoms with Gasteiger partial charge in [0.15, 0.2) is 0 Å². The summed E-state index contributed by atoms with van der Waals surface area (Å²) < 4.78 is 18.5. The second kappa shape index (κ2) is 9.71. The van der Waals surface area contributed by atoms with Gasteiger partial charge in [0, 0.05) is 23.9 Å². The van der Waals surface area contributed by atoms with E-state index >= 15 is 0 Å². The number of alkyl carbamates (subject to hydrolysis) is 1. The van der Waals surface area contributed by atoms with Crippen LogP contribution in [0.4, 0.5) is 9.59 Å². The first-order valence-corrected chi connectivity index (χ1v) is 17.2. The third-order valence-electron chi connectivity index (χ3n) is 15.1. The highest BCUT2D eigenvalue weighted by Crippen LogP contribution is 2.89. The van der Waals surface area contributed by atoms with Gasteiger partial charge < -0.3 is 35.7 Å². The highest BCUT2D eigenvalue weighted by Gasteiger charge is 2.84. The van der Waals surface area contributed by atoms with Crippen LogP contribution in [-0.2, 0) is 14.2 Å². The van der Waals surface area contributed by atoms with E-state index in [-0.39, 0.29) is 63.4 Å². The summed E-state index contributed by atoms with van der Waals surface area (Å²) in [5, 5.41) is 18.6. The molecule has 7 fully saturated rings. The zero-order chi connectivity index (χ0) is 30.7. The van der Waals surface area contributed by atoms with Gasteiger partial charge in [0.2, 0.25) is 0 Å². The normalized spacial score (nSPS) is 50.1. The Kier molecular flexibility index (Phi) is 6.80. The van der Waals surface area contributed by atoms with Gasteiger partial charge in [-0.3, -0.25) is 0 Å². The molecule has 5 aliphatic carbocycles. The molecule has 9 nitrogen and oxygen atoms in total. The Labute approximate surface area is 257 Å². The van der Waals surface area contributed by atoms with Crippen molar-refractivity contribution in [2.75, 3.05) is 13.1 Å². The van der Waals surface area contributed by atoms with Crippen molar-refractivity contribution >= 4 is 12.2 Å². The molecule has 9 heteroatoms. The van der Waals surface area contributed by atoms with Gasteiger partial charge in [-0.15, -0.1) is 0 Å². The molecule has 2 heterocycles. The molecule has 2 amide bonds. The highest BCUT2D eigenvalue weighted by molar-refractivity contribution is 5.68. The number of amides is 2. The molecule has 0 aromatic heterocycles. The van der Waals surface area contributed by atoms with Crippen molar-refractivity contribution in [1.29, 1.82) is 0 Å². The fraction of sp³-hybridized carbons (Fsp3) is 0.941. The zero-order valence-corrected chi connectivity index (χ0v) is 27.1. The standard InChI is InChI=1S/C34H55N3O6/c1-18(2)25(43-28(35)39)21-8-7-20-26(41-21)27(38)32(6)23-10-9-22-30(3,4)24(42-29(40)37-19-15-36-16-19)11-12-33(22)17-34(23,33)14-13-31(20,32)5/h18-27,36,38H,7-17H2,1-6H3,(H2,35,39)(H,37,40)/t20-,21?,22?,23?,24-,25+,26?,27-,31+,32?,33+,34?/m0/s1. The minimum atomic E-state index is -0.763. The molecule has 2 aliphatic heterocycles. The number of carbonyl (C=O) groups excluding carboxylic acids is 2. The summed E-state index contributed by atoms with van der Waals surface area (Å²) >= 11 is 0. The Morgan fingerprint density at radius 3 is 2.33 bits per heavy atom. The van der Waals surface area contributed by atoms with Crippen LogP contribution in [0.3, 0.4) is 0 Å². The smallest absolute Gasteiger partial charge is 0.407 e. The SMILES string of the molecule is CC(C)[C@@H](OC(N)=O)C1CC[C@H]2C(O1)[C@H](O)C1(C)C3CCC4C(C)(C)[C@@H](OC(=O)NC5CNC5)CC[C@@]45CC35CC[C@]21C. The van der Waals surface area contributed by atoms with Gasteiger partial charge in [-0.25, -0.2) is 9.59 Å². The Balaban J connectivity index is 1.12. The number of nitrogens with one attached hydrogen (secondary N) is 2. The third kappa shape index (κ3) is 3.92. The second-order valence-corrected chi connectivity index (χ2v) is 17.0. The first-order valence-electron chi connectivity index (χ1n) is 17.2. The minimum absolute atomic E-state index is 0.00321. The van der Waals surface area contributed by atoms with Crippen LogP contribution >= 0.6 is 0 Å². The number of fused-ring (bicyclic) bond motifs is 4. The van der Waals surface area contributed by atoms with Gasteiger partial charge in [0.05, 0.1) is 24.4 Å². The van der Waals surface area contributed by atoms with Crippen molar-refractivity contribution in [3.63, 3.8) is 0 Å². The predicted octanol–water partition coefficient (Wildman–Crippen LogP) is 4.74. The molecular weight excluding hydrogens is 546 g/mol. The molecule has 7 aliphatic rings. The van der Waals surface area contributed by atoms with Crippen LogP contribution in [0.15, 0.2) is 0 Å². The number of rotatable bonds is 5. The van der Waals surface area contributed by atoms with Crippen molar-refractivity contribution in [2.24, 2.45) is 56.5 Å². The summed E-state index contributed by atoms with van der Waals surface area (Å²) in [6.07, 6.45) is 7.04. The van der Waals surface area contributed by atoms with E-state index in [1.54, 1.807) is 0 Å². The summed E-state index contributed by atoms with van der Waals surface area (Å²) in [6, 6.07) is 0.178. The zero-order valence-electron chi connectivity index (χ0n) is 27.1. The van der Waals surface area contributed by atoms with Crippen molar-refractivity contribution in [3.05, 3.63) is 0 Å². The van der Waals surface area contributed by atoms with Crippen LogP contribution in [0.1, 0.15) is 99.3 Å². The van der Waals surface area contributed by atoms with Crippen LogP contribution in [0.2, 0.25) is 0 Å². The number of aliphatic hydroxyl groups excluding tert-OH is 1. The van der Waals surface area contributed by atoms with E-state index in [2.05, 4.69) is 38.3 Å². The van der Waals surface area contributed by atoms with E-state index in [1.165, 1.54) is 12.8 Å². The van der Waals surface area contributed by atoms with Crippen LogP contribution in [0.25, 0.3) is 0 Å². The number of ether oxygens (including phenoxy) is 3. The molecule has 2 saturated heterocycles. The van der Waals surface area contributed by atoms with Gasteiger partial charge in [-0.1, -0.05) is 41.5 Å². The molecule has 0 radical (unpaired) electrons. The molecule has 0 aromatic carbocycles. The summed E-state index contributed by atoms with van der Waals surface area (Å²) in [6.45, 7) is 15.2. The lowest BCUT2D eigenvalue weighted by atomic mass is 9.41. The molecule has 242 valence electrons. The Bertz CT molecular complexity index is 1160. The van der Waals surface area contributed by atoms with Crippen molar-refractivity contribution in [2.45, 2.75) is 136 Å². The lowest BCUT2D eigenvalue weighted by Crippen LogP contribution is -2.60. The van der Waals surface area contributed by atoms with E-state index in [1.807, 2.05) is 13.8 Å². The Morgan fingerprint density at radius 1 is 0.977 bits per heavy atom. The summed E-state index contributed by atoms with van der Waals surface area (Å²) in [7, 11) is 0. The van der Waals surface area contributed by atoms with Crippen molar-refractivity contribution < 1.29 is 28.9 Å². The fourth-order valence-electron chi connectivity index (χ4n) is 12.7. The lowest BCUT2D eigenvalue weighted by molar-refractivity contribution is -0.184. The van der Waals surface area contributed by atoms with E-state index in [0.29, 0.717) is 17.8 Å². The van der Waals surface area contributed by atoms with E-state index < -0.39 is 18.3 Å². The minimum Gasteiger partial charge on any atom is -0.446 e. The maximum Gasteiger partial charge on any atom is 0.407 e. The molecule has 2 spiro atoms. The van der Waals surface area contributed by atoms with Crippen LogP contribution in [0, 0.1) is 50.7 Å². The number of hydrogen-bond donors (Lipinski definition) is 4. The van der Waals surface area contributed by atoms with Crippen molar-refractivity contribution in [3.8, 4) is 0 Å². The Hall–Kier alpha value is -1.58. The first-order chi connectivity index (χ1) is 20.2. The first kappa shape index (κ1) is 30.1. The van der Waals surface area contributed by atoms with Gasteiger partial charge in [0.25, 0.3) is 0 Å². The maximum atomic E-state index is 12.8. The average molecular weight is 602 g/mol. The lowest BCUT2D eigenvalue weighted by Gasteiger charge is -2.63. The summed E-state index contributed by atoms with van der Waals surface area (Å²) in [5.41, 5.74) is 5.62. The second-order valence-electron chi connectivity index (χ2n) is 17.0. The molecular formula is C34H55N3O6. The summed E-state index contributed by atoms with van der Waals surface area (Å²) in [4.78, 5) is 24.5. The monoisotopic (exact) mass is 601 g/mol. The van der Waals surface area contributed by atoms with Gasteiger partial charge in [0.1, 0.15) is 12.2 Å². The molecule has 6 unspecified atom stereocenters. The molecule has 43 heavy (non-hydrogen) atoms. The van der Waals surface area contributed by atoms with Gasteiger partial charge in [-0.05, 0) is 97.7 Å². The molecule has 5 N–H and O–H groups in total. The molecule has 7 rings (SSSR count). The van der Waals surface area contributed by atoms with E-state index in [4.69, 9.17) is 19.9 Å². The number of nitrogens with two attached hydrogens (primary N) is 1. The van der Waals surface area contributed by atoms with Gasteiger partial charge in [-0.2, -0.15) is 0 Å². The van der Waals surface area contributed by atoms with Crippen LogP contribution in [-0.4, -0.2) is 66.9 Å². The van der Waals surface area contributed by atoms with Gasteiger partial charge >= 0.3 is 12.2 Å². The van der Waals surface area contributed by atoms with Crippen LogP contribution < -0.4 is 16.4 Å². The number of carbonyl (C=O) groups is 2. The van der Waals surface area contributed by atoms with E-state index in [9.17, 15) is 14.7 Å². The van der Waals surface area contributed by atoms with E-state index in [0.717, 1.165) is 58.0 Å². The number of hydrogen-bond acceptors (Lipinski definition) is 7. The van der Waals surface area contributed by atoms with Crippen molar-refractivity contribution in [1.82, 2.24) is 10.6 Å². The largest absolute Gasteiger partial charge is 0.446 e. The third-order valence-corrected chi connectivity index (χ3v) is 15.1. The number of primary amides is 1. The summed E-state index contributed by atoms with van der Waals surface area (Å²) in [5.74, 6) is 1.33. The maximum absolute atomic E-state index is 12.8. The fourth-order valence-corrected chi connectivity index (χ4v) is 12.7. The molecule has 0 bridgehead atoms. The molecule has 5 saturated carbocycles. The topological polar surface area (TPSA) is 132 Å². The number of aliphatic hydroxyl groups is 1. The molecule has 0 aromatic rings. The predicted molar refractivity (Wildman–Crippen MR) is 161 cm³/mol. The quantitative estimate of drug-likeness (QED) is 0.358. The molecule has 12 atom stereocenters.